The van der Waals surface area contributed by atoms with E-state index in [1.807, 2.05) is 6.92 Å². The summed E-state index contributed by atoms with van der Waals surface area (Å²) in [6.45, 7) is 3.12. The van der Waals surface area contributed by atoms with Crippen LogP contribution in [0.15, 0.2) is 0 Å². The fourth-order valence-electron chi connectivity index (χ4n) is 3.18. The second kappa shape index (κ2) is 6.02. The summed E-state index contributed by atoms with van der Waals surface area (Å²) in [7, 11) is 0. The molecule has 0 bridgehead atoms. The molecule has 0 aromatic rings. The zero-order chi connectivity index (χ0) is 13.0. The van der Waals surface area contributed by atoms with E-state index in [9.17, 15) is 4.79 Å². The van der Waals surface area contributed by atoms with E-state index in [0.29, 0.717) is 19.1 Å². The van der Waals surface area contributed by atoms with E-state index in [1.54, 1.807) is 0 Å². The number of carbonyl (C=O) groups is 1. The third kappa shape index (κ3) is 3.04. The topological polar surface area (TPSA) is 64.4 Å². The molecule has 104 valence electrons. The molecule has 2 aliphatic rings. The molecule has 1 aliphatic heterocycles. The molecule has 0 radical (unpaired) electrons. The molecule has 0 aromatic carbocycles. The lowest BCUT2D eigenvalue weighted by molar-refractivity contribution is -0.140. The molecule has 2 fully saturated rings. The molecule has 1 heterocycles. The van der Waals surface area contributed by atoms with Crippen LogP contribution in [0.3, 0.4) is 0 Å². The van der Waals surface area contributed by atoms with E-state index in [-0.39, 0.29) is 11.9 Å². The average Bonchev–Trinajstić information content (AvgIpc) is 2.85. The number of ether oxygens (including phenoxy) is 1. The molecule has 0 spiro atoms. The first-order valence-electron chi connectivity index (χ1n) is 7.31. The molecule has 2 unspecified atom stereocenters. The van der Waals surface area contributed by atoms with Crippen LogP contribution in [0.25, 0.3) is 0 Å². The number of carbonyl (C=O) groups excluding carboxylic acids is 1. The van der Waals surface area contributed by atoms with Gasteiger partial charge in [0.2, 0.25) is 0 Å². The Morgan fingerprint density at radius 3 is 2.67 bits per heavy atom. The first-order valence-corrected chi connectivity index (χ1v) is 7.31. The van der Waals surface area contributed by atoms with E-state index in [1.165, 1.54) is 32.1 Å². The Labute approximate surface area is 110 Å². The summed E-state index contributed by atoms with van der Waals surface area (Å²) < 4.78 is 5.58. The van der Waals surface area contributed by atoms with Crippen LogP contribution in [0, 0.1) is 5.92 Å². The lowest BCUT2D eigenvalue weighted by Gasteiger charge is -2.32. The Kier molecular flexibility index (Phi) is 4.62. The predicted molar refractivity (Wildman–Crippen MR) is 71.2 cm³/mol. The van der Waals surface area contributed by atoms with Gasteiger partial charge >= 0.3 is 0 Å². The number of rotatable bonds is 4. The summed E-state index contributed by atoms with van der Waals surface area (Å²) >= 11 is 0. The van der Waals surface area contributed by atoms with Crippen molar-refractivity contribution in [3.63, 3.8) is 0 Å². The number of nitrogens with two attached hydrogens (primary N) is 1. The Morgan fingerprint density at radius 1 is 1.39 bits per heavy atom. The zero-order valence-electron chi connectivity index (χ0n) is 11.4. The van der Waals surface area contributed by atoms with Gasteiger partial charge in [0.15, 0.2) is 0 Å². The molecule has 4 heteroatoms. The van der Waals surface area contributed by atoms with Gasteiger partial charge in [-0.3, -0.25) is 4.79 Å². The molecule has 0 aromatic heterocycles. The molecule has 18 heavy (non-hydrogen) atoms. The van der Waals surface area contributed by atoms with Crippen LogP contribution < -0.4 is 11.1 Å². The van der Waals surface area contributed by atoms with Crippen LogP contribution in [-0.4, -0.2) is 30.7 Å². The summed E-state index contributed by atoms with van der Waals surface area (Å²) in [6, 6.07) is 0.124. The number of hydrogen-bond acceptors (Lipinski definition) is 3. The van der Waals surface area contributed by atoms with Gasteiger partial charge in [-0.2, -0.15) is 0 Å². The lowest BCUT2D eigenvalue weighted by Crippen LogP contribution is -2.53. The second-order valence-electron chi connectivity index (χ2n) is 5.90. The van der Waals surface area contributed by atoms with Gasteiger partial charge in [0, 0.05) is 19.2 Å². The van der Waals surface area contributed by atoms with Crippen molar-refractivity contribution < 1.29 is 9.53 Å². The van der Waals surface area contributed by atoms with Gasteiger partial charge in [-0.15, -0.1) is 0 Å². The molecule has 1 aliphatic carbocycles. The molecule has 2 atom stereocenters. The Hall–Kier alpha value is -0.610. The van der Waals surface area contributed by atoms with Gasteiger partial charge < -0.3 is 15.8 Å². The maximum absolute atomic E-state index is 12.3. The van der Waals surface area contributed by atoms with Crippen LogP contribution in [0.1, 0.15) is 51.9 Å². The number of amides is 1. The van der Waals surface area contributed by atoms with Crippen LogP contribution >= 0.6 is 0 Å². The van der Waals surface area contributed by atoms with Crippen molar-refractivity contribution in [2.24, 2.45) is 11.7 Å². The molecule has 4 nitrogen and oxygen atoms in total. The van der Waals surface area contributed by atoms with Gasteiger partial charge in [0.1, 0.15) is 5.60 Å². The molecular formula is C14H26N2O2. The predicted octanol–water partition coefficient (Wildman–Crippen LogP) is 1.58. The minimum Gasteiger partial charge on any atom is -0.365 e. The van der Waals surface area contributed by atoms with Crippen molar-refractivity contribution >= 4 is 5.91 Å². The van der Waals surface area contributed by atoms with Crippen molar-refractivity contribution in [3.8, 4) is 0 Å². The molecule has 3 N–H and O–H groups in total. The normalized spacial score (nSPS) is 31.2. The highest BCUT2D eigenvalue weighted by Gasteiger charge is 2.39. The smallest absolute Gasteiger partial charge is 0.252 e. The molecule has 1 saturated heterocycles. The first kappa shape index (κ1) is 13.8. The highest BCUT2D eigenvalue weighted by atomic mass is 16.5. The molecular weight excluding hydrogens is 228 g/mol. The van der Waals surface area contributed by atoms with Crippen molar-refractivity contribution in [2.45, 2.75) is 63.5 Å². The maximum Gasteiger partial charge on any atom is 0.252 e. The number of nitrogens with one attached hydrogen (secondary N) is 1. The van der Waals surface area contributed by atoms with Gasteiger partial charge in [-0.05, 0) is 38.5 Å². The molecule has 1 amide bonds. The Balaban J connectivity index is 1.90. The standard InChI is InChI=1S/C14H26N2O2/c1-14(8-5-9-18-14)13(17)16-12(10-15)11-6-3-2-4-7-11/h11-12H,2-10,15H2,1H3,(H,16,17). The fourth-order valence-corrected chi connectivity index (χ4v) is 3.18. The first-order chi connectivity index (χ1) is 8.65. The Bertz CT molecular complexity index is 282. The summed E-state index contributed by atoms with van der Waals surface area (Å²) in [4.78, 5) is 12.3. The summed E-state index contributed by atoms with van der Waals surface area (Å²) in [5.74, 6) is 0.582. The highest BCUT2D eigenvalue weighted by Crippen LogP contribution is 2.28. The Morgan fingerprint density at radius 2 is 2.11 bits per heavy atom. The van der Waals surface area contributed by atoms with Crippen LogP contribution in [0.5, 0.6) is 0 Å². The van der Waals surface area contributed by atoms with Crippen LogP contribution in [0.4, 0.5) is 0 Å². The quantitative estimate of drug-likeness (QED) is 0.800. The summed E-state index contributed by atoms with van der Waals surface area (Å²) in [6.07, 6.45) is 8.04. The van der Waals surface area contributed by atoms with Crippen molar-refractivity contribution in [1.82, 2.24) is 5.32 Å². The average molecular weight is 254 g/mol. The monoisotopic (exact) mass is 254 g/mol. The third-order valence-corrected chi connectivity index (χ3v) is 4.49. The second-order valence-corrected chi connectivity index (χ2v) is 5.90. The van der Waals surface area contributed by atoms with Crippen LogP contribution in [0.2, 0.25) is 0 Å². The van der Waals surface area contributed by atoms with Gasteiger partial charge in [-0.25, -0.2) is 0 Å². The van der Waals surface area contributed by atoms with Gasteiger partial charge in [0.25, 0.3) is 5.91 Å². The zero-order valence-corrected chi connectivity index (χ0v) is 11.4. The lowest BCUT2D eigenvalue weighted by atomic mass is 9.83. The fraction of sp³-hybridized carbons (Fsp3) is 0.929. The van der Waals surface area contributed by atoms with E-state index < -0.39 is 5.60 Å². The van der Waals surface area contributed by atoms with E-state index in [4.69, 9.17) is 10.5 Å². The number of hydrogen-bond donors (Lipinski definition) is 2. The summed E-state index contributed by atoms with van der Waals surface area (Å²) in [5.41, 5.74) is 5.22. The van der Waals surface area contributed by atoms with Gasteiger partial charge in [-0.1, -0.05) is 19.3 Å². The SMILES string of the molecule is CC1(C(=O)NC(CN)C2CCCCC2)CCCO1. The van der Waals surface area contributed by atoms with E-state index >= 15 is 0 Å². The van der Waals surface area contributed by atoms with Gasteiger partial charge in [0.05, 0.1) is 0 Å². The summed E-state index contributed by atoms with van der Waals surface area (Å²) in [5, 5.41) is 3.13. The minimum absolute atomic E-state index is 0.0287. The third-order valence-electron chi connectivity index (χ3n) is 4.49. The van der Waals surface area contributed by atoms with Crippen molar-refractivity contribution in [3.05, 3.63) is 0 Å². The van der Waals surface area contributed by atoms with E-state index in [2.05, 4.69) is 5.32 Å². The largest absolute Gasteiger partial charge is 0.365 e. The minimum atomic E-state index is -0.623. The van der Waals surface area contributed by atoms with Crippen molar-refractivity contribution in [1.29, 1.82) is 0 Å². The van der Waals surface area contributed by atoms with Crippen molar-refractivity contribution in [2.75, 3.05) is 13.2 Å². The highest BCUT2D eigenvalue weighted by molar-refractivity contribution is 5.85. The maximum atomic E-state index is 12.3. The van der Waals surface area contributed by atoms with E-state index in [0.717, 1.165) is 12.8 Å². The van der Waals surface area contributed by atoms with Crippen LogP contribution in [-0.2, 0) is 9.53 Å². The molecule has 1 saturated carbocycles. The molecule has 2 rings (SSSR count).